The molecule has 0 saturated carbocycles. The van der Waals surface area contributed by atoms with Crippen LogP contribution in [0.25, 0.3) is 10.2 Å². The molecule has 1 heterocycles. The summed E-state index contributed by atoms with van der Waals surface area (Å²) >= 11 is 19.7. The Morgan fingerprint density at radius 1 is 1.20 bits per heavy atom. The molecule has 0 saturated heterocycles. The average Bonchev–Trinajstić information content (AvgIpc) is 2.91. The van der Waals surface area contributed by atoms with E-state index < -0.39 is 5.91 Å². The van der Waals surface area contributed by atoms with Crippen molar-refractivity contribution in [1.82, 2.24) is 4.57 Å². The molecular formula is C17H13Cl3N2O2S. The summed E-state index contributed by atoms with van der Waals surface area (Å²) in [4.78, 5) is 17.4. The maximum Gasteiger partial charge on any atom is 0.281 e. The van der Waals surface area contributed by atoms with E-state index in [4.69, 9.17) is 39.5 Å². The van der Waals surface area contributed by atoms with E-state index in [1.54, 1.807) is 19.2 Å². The second-order valence-corrected chi connectivity index (χ2v) is 7.42. The highest BCUT2D eigenvalue weighted by Crippen LogP contribution is 2.26. The Balaban J connectivity index is 2.14. The van der Waals surface area contributed by atoms with E-state index in [0.717, 1.165) is 10.2 Å². The van der Waals surface area contributed by atoms with Gasteiger partial charge in [-0.2, -0.15) is 4.99 Å². The largest absolute Gasteiger partial charge is 0.383 e. The molecule has 0 aliphatic rings. The molecule has 25 heavy (non-hydrogen) atoms. The van der Waals surface area contributed by atoms with Crippen molar-refractivity contribution in [2.45, 2.75) is 6.54 Å². The van der Waals surface area contributed by atoms with Crippen molar-refractivity contribution < 1.29 is 9.53 Å². The van der Waals surface area contributed by atoms with Crippen molar-refractivity contribution in [3.63, 3.8) is 0 Å². The summed E-state index contributed by atoms with van der Waals surface area (Å²) in [6.07, 6.45) is 0. The third kappa shape index (κ3) is 3.91. The average molecular weight is 416 g/mol. The van der Waals surface area contributed by atoms with Gasteiger partial charge in [-0.3, -0.25) is 4.79 Å². The van der Waals surface area contributed by atoms with Gasteiger partial charge in [0.05, 0.1) is 32.4 Å². The molecule has 4 nitrogen and oxygen atoms in total. The van der Waals surface area contributed by atoms with Gasteiger partial charge in [0.1, 0.15) is 0 Å². The van der Waals surface area contributed by atoms with Crippen molar-refractivity contribution in [1.29, 1.82) is 0 Å². The molecule has 0 aliphatic carbocycles. The van der Waals surface area contributed by atoms with Gasteiger partial charge in [-0.25, -0.2) is 0 Å². The van der Waals surface area contributed by atoms with Gasteiger partial charge in [0.15, 0.2) is 4.80 Å². The van der Waals surface area contributed by atoms with Gasteiger partial charge in [0.2, 0.25) is 0 Å². The number of fused-ring (bicyclic) bond motifs is 1. The summed E-state index contributed by atoms with van der Waals surface area (Å²) in [5, 5.41) is 1.33. The first-order valence-corrected chi connectivity index (χ1v) is 9.27. The van der Waals surface area contributed by atoms with E-state index in [-0.39, 0.29) is 5.02 Å². The summed E-state index contributed by atoms with van der Waals surface area (Å²) < 4.78 is 7.98. The number of methoxy groups -OCH3 is 1. The van der Waals surface area contributed by atoms with Crippen LogP contribution in [0.15, 0.2) is 41.4 Å². The monoisotopic (exact) mass is 414 g/mol. The molecule has 8 heteroatoms. The van der Waals surface area contributed by atoms with Crippen LogP contribution in [0, 0.1) is 0 Å². The highest BCUT2D eigenvalue weighted by molar-refractivity contribution is 7.16. The zero-order valence-electron chi connectivity index (χ0n) is 13.1. The quantitative estimate of drug-likeness (QED) is 0.598. The van der Waals surface area contributed by atoms with Crippen molar-refractivity contribution in [2.24, 2.45) is 4.99 Å². The van der Waals surface area contributed by atoms with Crippen LogP contribution in [0.2, 0.25) is 15.1 Å². The van der Waals surface area contributed by atoms with Gasteiger partial charge in [-0.15, -0.1) is 0 Å². The first-order chi connectivity index (χ1) is 12.0. The minimum atomic E-state index is -0.435. The zero-order valence-corrected chi connectivity index (χ0v) is 16.2. The second-order valence-electron chi connectivity index (χ2n) is 5.16. The fourth-order valence-electron chi connectivity index (χ4n) is 2.37. The SMILES string of the molecule is COCCn1c(=NC(=O)c2ccc(Cl)cc2Cl)sc2cccc(Cl)c21. The molecule has 3 rings (SSSR count). The fraction of sp³-hybridized carbons (Fsp3) is 0.176. The van der Waals surface area contributed by atoms with Crippen LogP contribution in [0.4, 0.5) is 0 Å². The Hall–Kier alpha value is -1.37. The van der Waals surface area contributed by atoms with Gasteiger partial charge < -0.3 is 9.30 Å². The van der Waals surface area contributed by atoms with Gasteiger partial charge in [-0.05, 0) is 30.3 Å². The number of aromatic nitrogens is 1. The van der Waals surface area contributed by atoms with E-state index in [9.17, 15) is 4.79 Å². The Morgan fingerprint density at radius 2 is 2.00 bits per heavy atom. The van der Waals surface area contributed by atoms with E-state index in [1.165, 1.54) is 17.4 Å². The Morgan fingerprint density at radius 3 is 2.72 bits per heavy atom. The fourth-order valence-corrected chi connectivity index (χ4v) is 4.28. The lowest BCUT2D eigenvalue weighted by atomic mass is 10.2. The number of hydrogen-bond donors (Lipinski definition) is 0. The maximum atomic E-state index is 12.6. The Bertz CT molecular complexity index is 1010. The van der Waals surface area contributed by atoms with E-state index in [0.29, 0.717) is 33.6 Å². The summed E-state index contributed by atoms with van der Waals surface area (Å²) in [7, 11) is 1.62. The van der Waals surface area contributed by atoms with E-state index >= 15 is 0 Å². The number of carbonyl (C=O) groups is 1. The number of para-hydroxylation sites is 1. The van der Waals surface area contributed by atoms with Gasteiger partial charge in [-0.1, -0.05) is 52.2 Å². The molecular weight excluding hydrogens is 403 g/mol. The molecule has 0 aliphatic heterocycles. The minimum absolute atomic E-state index is 0.267. The molecule has 0 N–H and O–H groups in total. The van der Waals surface area contributed by atoms with Crippen LogP contribution in [0.3, 0.4) is 0 Å². The highest BCUT2D eigenvalue weighted by Gasteiger charge is 2.13. The lowest BCUT2D eigenvalue weighted by Gasteiger charge is -2.05. The number of carbonyl (C=O) groups excluding carboxylic acids is 1. The normalized spacial score (nSPS) is 12.1. The minimum Gasteiger partial charge on any atom is -0.383 e. The molecule has 0 bridgehead atoms. The number of amides is 1. The smallest absolute Gasteiger partial charge is 0.281 e. The second kappa shape index (κ2) is 7.89. The summed E-state index contributed by atoms with van der Waals surface area (Å²) in [6.45, 7) is 1.00. The molecule has 2 aromatic carbocycles. The number of hydrogen-bond acceptors (Lipinski definition) is 3. The summed E-state index contributed by atoms with van der Waals surface area (Å²) in [5.41, 5.74) is 1.13. The number of ether oxygens (including phenoxy) is 1. The molecule has 1 aromatic heterocycles. The predicted octanol–water partition coefficient (Wildman–Crippen LogP) is 5.05. The summed E-state index contributed by atoms with van der Waals surface area (Å²) in [5.74, 6) is -0.435. The zero-order chi connectivity index (χ0) is 18.0. The molecule has 3 aromatic rings. The topological polar surface area (TPSA) is 43.6 Å². The van der Waals surface area contributed by atoms with Crippen molar-refractivity contribution in [2.75, 3.05) is 13.7 Å². The van der Waals surface area contributed by atoms with Crippen LogP contribution >= 0.6 is 46.1 Å². The van der Waals surface area contributed by atoms with E-state index in [1.807, 2.05) is 22.8 Å². The standard InChI is InChI=1S/C17H13Cl3N2O2S/c1-24-8-7-22-15-12(19)3-2-4-14(15)25-17(22)21-16(23)11-6-5-10(18)9-13(11)20/h2-6,9H,7-8H2,1H3. The highest BCUT2D eigenvalue weighted by atomic mass is 35.5. The molecule has 0 atom stereocenters. The van der Waals surface area contributed by atoms with Gasteiger partial charge in [0, 0.05) is 18.7 Å². The van der Waals surface area contributed by atoms with Crippen molar-refractivity contribution >= 4 is 62.3 Å². The van der Waals surface area contributed by atoms with Crippen LogP contribution < -0.4 is 4.80 Å². The predicted molar refractivity (Wildman–Crippen MR) is 103 cm³/mol. The number of benzene rings is 2. The van der Waals surface area contributed by atoms with Crippen molar-refractivity contribution in [3.8, 4) is 0 Å². The number of thiazole rings is 1. The third-order valence-electron chi connectivity index (χ3n) is 3.53. The molecule has 0 unspecified atom stereocenters. The van der Waals surface area contributed by atoms with E-state index in [2.05, 4.69) is 4.99 Å². The number of nitrogens with zero attached hydrogens (tertiary/aromatic N) is 2. The molecule has 0 radical (unpaired) electrons. The first kappa shape index (κ1) is 18.4. The maximum absolute atomic E-state index is 12.6. The van der Waals surface area contributed by atoms with Crippen LogP contribution in [-0.2, 0) is 11.3 Å². The Labute approximate surface area is 163 Å². The Kier molecular flexibility index (Phi) is 5.81. The third-order valence-corrected chi connectivity index (χ3v) is 5.43. The molecule has 1 amide bonds. The van der Waals surface area contributed by atoms with Crippen molar-refractivity contribution in [3.05, 3.63) is 61.8 Å². The van der Waals surface area contributed by atoms with Crippen LogP contribution in [-0.4, -0.2) is 24.2 Å². The van der Waals surface area contributed by atoms with Crippen LogP contribution in [0.5, 0.6) is 0 Å². The summed E-state index contributed by atoms with van der Waals surface area (Å²) in [6, 6.07) is 10.3. The molecule has 0 fully saturated rings. The lowest BCUT2D eigenvalue weighted by molar-refractivity contribution is 0.0997. The van der Waals surface area contributed by atoms with Gasteiger partial charge >= 0.3 is 0 Å². The van der Waals surface area contributed by atoms with Gasteiger partial charge in [0.25, 0.3) is 5.91 Å². The van der Waals surface area contributed by atoms with Crippen LogP contribution in [0.1, 0.15) is 10.4 Å². The number of halogens is 3. The lowest BCUT2D eigenvalue weighted by Crippen LogP contribution is -2.19. The molecule has 0 spiro atoms. The number of rotatable bonds is 4. The molecule has 130 valence electrons. The first-order valence-electron chi connectivity index (χ1n) is 7.32.